The molecule has 2 aromatic carbocycles. The van der Waals surface area contributed by atoms with Gasteiger partial charge in [0.2, 0.25) is 5.88 Å². The van der Waals surface area contributed by atoms with E-state index in [1.54, 1.807) is 0 Å². The Balaban J connectivity index is 1.55. The van der Waals surface area contributed by atoms with Crippen LogP contribution in [0.1, 0.15) is 5.56 Å². The standard InChI is InChI=1S/C21H21N3O3/c1-25-21-18(14-22)11-17-10-15-2-3-19(12-16(15)13-20(17)23-21)27-9-6-24-4-7-26-8-5-24/h2-3,10-13H,4-9H2,1H3. The highest BCUT2D eigenvalue weighted by atomic mass is 16.5. The van der Waals surface area contributed by atoms with Gasteiger partial charge >= 0.3 is 0 Å². The number of hydrogen-bond donors (Lipinski definition) is 0. The summed E-state index contributed by atoms with van der Waals surface area (Å²) >= 11 is 0. The van der Waals surface area contributed by atoms with Crippen LogP contribution < -0.4 is 9.47 Å². The van der Waals surface area contributed by atoms with Crippen molar-refractivity contribution in [1.29, 1.82) is 5.26 Å². The molecule has 0 unspecified atom stereocenters. The van der Waals surface area contributed by atoms with Crippen molar-refractivity contribution in [2.45, 2.75) is 0 Å². The van der Waals surface area contributed by atoms with Gasteiger partial charge in [0.05, 0.1) is 25.8 Å². The number of fused-ring (bicyclic) bond motifs is 2. The lowest BCUT2D eigenvalue weighted by Gasteiger charge is -2.26. The van der Waals surface area contributed by atoms with Crippen LogP contribution >= 0.6 is 0 Å². The van der Waals surface area contributed by atoms with Gasteiger partial charge in [-0.25, -0.2) is 4.98 Å². The Hall–Kier alpha value is -2.88. The van der Waals surface area contributed by atoms with Crippen molar-refractivity contribution in [2.24, 2.45) is 0 Å². The molecular formula is C21H21N3O3. The van der Waals surface area contributed by atoms with Crippen LogP contribution in [0, 0.1) is 11.3 Å². The normalized spacial score (nSPS) is 15.0. The van der Waals surface area contributed by atoms with E-state index in [2.05, 4.69) is 16.0 Å². The number of pyridine rings is 1. The zero-order valence-electron chi connectivity index (χ0n) is 15.3. The molecule has 3 aromatic rings. The lowest BCUT2D eigenvalue weighted by molar-refractivity contribution is 0.0322. The van der Waals surface area contributed by atoms with Crippen molar-refractivity contribution >= 4 is 21.7 Å². The molecule has 6 heteroatoms. The first-order valence-electron chi connectivity index (χ1n) is 9.02. The lowest BCUT2D eigenvalue weighted by atomic mass is 10.1. The molecular weight excluding hydrogens is 342 g/mol. The number of benzene rings is 2. The molecule has 1 saturated heterocycles. The third-order valence-electron chi connectivity index (χ3n) is 4.80. The molecule has 138 valence electrons. The summed E-state index contributed by atoms with van der Waals surface area (Å²) in [5.41, 5.74) is 1.23. The first-order chi connectivity index (χ1) is 13.3. The molecule has 0 amide bonds. The summed E-state index contributed by atoms with van der Waals surface area (Å²) in [6.07, 6.45) is 0. The van der Waals surface area contributed by atoms with Gasteiger partial charge in [-0.2, -0.15) is 5.26 Å². The van der Waals surface area contributed by atoms with E-state index in [9.17, 15) is 5.26 Å². The monoisotopic (exact) mass is 363 g/mol. The molecule has 0 spiro atoms. The smallest absolute Gasteiger partial charge is 0.231 e. The van der Waals surface area contributed by atoms with Gasteiger partial charge in [-0.05, 0) is 41.1 Å². The van der Waals surface area contributed by atoms with Gasteiger partial charge < -0.3 is 14.2 Å². The summed E-state index contributed by atoms with van der Waals surface area (Å²) in [7, 11) is 1.52. The van der Waals surface area contributed by atoms with Gasteiger partial charge in [0, 0.05) is 25.0 Å². The number of rotatable bonds is 5. The third-order valence-corrected chi connectivity index (χ3v) is 4.80. The van der Waals surface area contributed by atoms with Crippen LogP contribution in [0.5, 0.6) is 11.6 Å². The maximum Gasteiger partial charge on any atom is 0.231 e. The SMILES string of the molecule is COc1nc2cc3cc(OCCN4CCOCC4)ccc3cc2cc1C#N. The lowest BCUT2D eigenvalue weighted by Crippen LogP contribution is -2.38. The quantitative estimate of drug-likeness (QED) is 0.649. The summed E-state index contributed by atoms with van der Waals surface area (Å²) in [5.74, 6) is 1.19. The Labute approximate surface area is 157 Å². The predicted molar refractivity (Wildman–Crippen MR) is 103 cm³/mol. The Morgan fingerprint density at radius 2 is 1.96 bits per heavy atom. The average molecular weight is 363 g/mol. The van der Waals surface area contributed by atoms with E-state index in [1.807, 2.05) is 36.4 Å². The maximum absolute atomic E-state index is 9.24. The topological polar surface area (TPSA) is 67.6 Å². The second kappa shape index (κ2) is 7.78. The minimum atomic E-state index is 0.349. The molecule has 0 N–H and O–H groups in total. The minimum absolute atomic E-state index is 0.349. The van der Waals surface area contributed by atoms with E-state index in [1.165, 1.54) is 7.11 Å². The van der Waals surface area contributed by atoms with Crippen molar-refractivity contribution in [3.8, 4) is 17.7 Å². The van der Waals surface area contributed by atoms with Gasteiger partial charge in [0.25, 0.3) is 0 Å². The molecule has 1 aromatic heterocycles. The van der Waals surface area contributed by atoms with Crippen LogP contribution in [0.15, 0.2) is 36.4 Å². The number of nitrogens with zero attached hydrogens (tertiary/aromatic N) is 3. The fraction of sp³-hybridized carbons (Fsp3) is 0.333. The summed E-state index contributed by atoms with van der Waals surface area (Å²) in [6.45, 7) is 5.07. The minimum Gasteiger partial charge on any atom is -0.492 e. The summed E-state index contributed by atoms with van der Waals surface area (Å²) < 4.78 is 16.5. The summed E-state index contributed by atoms with van der Waals surface area (Å²) in [4.78, 5) is 6.81. The van der Waals surface area contributed by atoms with Crippen LogP contribution in [0.4, 0.5) is 0 Å². The molecule has 1 aliphatic heterocycles. The van der Waals surface area contributed by atoms with Crippen molar-refractivity contribution in [3.05, 3.63) is 42.0 Å². The van der Waals surface area contributed by atoms with E-state index < -0.39 is 0 Å². The second-order valence-electron chi connectivity index (χ2n) is 6.51. The van der Waals surface area contributed by atoms with Crippen LogP contribution in [0.3, 0.4) is 0 Å². The van der Waals surface area contributed by atoms with E-state index in [0.29, 0.717) is 18.1 Å². The average Bonchev–Trinajstić information content (AvgIpc) is 2.72. The first kappa shape index (κ1) is 17.5. The van der Waals surface area contributed by atoms with Crippen LogP contribution in [0.2, 0.25) is 0 Å². The molecule has 0 aliphatic carbocycles. The molecule has 0 radical (unpaired) electrons. The highest BCUT2D eigenvalue weighted by molar-refractivity contribution is 5.97. The van der Waals surface area contributed by atoms with Crippen molar-refractivity contribution in [2.75, 3.05) is 46.6 Å². The number of ether oxygens (including phenoxy) is 3. The van der Waals surface area contributed by atoms with Gasteiger partial charge in [-0.1, -0.05) is 6.07 Å². The number of methoxy groups -OCH3 is 1. The third kappa shape index (κ3) is 3.80. The zero-order chi connectivity index (χ0) is 18.6. The number of hydrogen-bond acceptors (Lipinski definition) is 6. The van der Waals surface area contributed by atoms with Gasteiger partial charge in [-0.15, -0.1) is 0 Å². The van der Waals surface area contributed by atoms with Crippen molar-refractivity contribution in [1.82, 2.24) is 9.88 Å². The molecule has 0 saturated carbocycles. The molecule has 0 bridgehead atoms. The zero-order valence-corrected chi connectivity index (χ0v) is 15.3. The largest absolute Gasteiger partial charge is 0.492 e. The summed E-state index contributed by atoms with van der Waals surface area (Å²) in [5, 5.41) is 12.3. The van der Waals surface area contributed by atoms with Crippen LogP contribution in [0.25, 0.3) is 21.7 Å². The van der Waals surface area contributed by atoms with Crippen molar-refractivity contribution < 1.29 is 14.2 Å². The van der Waals surface area contributed by atoms with Crippen LogP contribution in [-0.4, -0.2) is 56.4 Å². The Kier molecular flexibility index (Phi) is 5.05. The Morgan fingerprint density at radius 1 is 1.11 bits per heavy atom. The molecule has 1 fully saturated rings. The van der Waals surface area contributed by atoms with Gasteiger partial charge in [-0.3, -0.25) is 4.90 Å². The second-order valence-corrected chi connectivity index (χ2v) is 6.51. The van der Waals surface area contributed by atoms with E-state index in [-0.39, 0.29) is 0 Å². The Bertz CT molecular complexity index is 1010. The molecule has 2 heterocycles. The predicted octanol–water partition coefficient (Wildman–Crippen LogP) is 2.98. The molecule has 0 atom stereocenters. The number of nitriles is 1. The van der Waals surface area contributed by atoms with Crippen LogP contribution in [-0.2, 0) is 4.74 Å². The molecule has 4 rings (SSSR count). The number of morpholine rings is 1. The maximum atomic E-state index is 9.24. The highest BCUT2D eigenvalue weighted by Crippen LogP contribution is 2.28. The highest BCUT2D eigenvalue weighted by Gasteiger charge is 2.11. The first-order valence-corrected chi connectivity index (χ1v) is 9.02. The van der Waals surface area contributed by atoms with Gasteiger partial charge in [0.1, 0.15) is 24.0 Å². The molecule has 1 aliphatic rings. The number of aromatic nitrogens is 1. The summed E-state index contributed by atoms with van der Waals surface area (Å²) in [6, 6.07) is 14.0. The van der Waals surface area contributed by atoms with Crippen molar-refractivity contribution in [3.63, 3.8) is 0 Å². The fourth-order valence-corrected chi connectivity index (χ4v) is 3.32. The fourth-order valence-electron chi connectivity index (χ4n) is 3.32. The Morgan fingerprint density at radius 3 is 2.74 bits per heavy atom. The van der Waals surface area contributed by atoms with E-state index in [0.717, 1.165) is 60.3 Å². The van der Waals surface area contributed by atoms with Gasteiger partial charge in [0.15, 0.2) is 0 Å². The molecule has 27 heavy (non-hydrogen) atoms. The molecule has 6 nitrogen and oxygen atoms in total. The van der Waals surface area contributed by atoms with E-state index >= 15 is 0 Å². The van der Waals surface area contributed by atoms with E-state index in [4.69, 9.17) is 14.2 Å².